The van der Waals surface area contributed by atoms with Crippen LogP contribution in [0.1, 0.15) is 23.3 Å². The topological polar surface area (TPSA) is 231 Å². The Morgan fingerprint density at radius 1 is 0.684 bits per heavy atom. The predicted molar refractivity (Wildman–Crippen MR) is 126 cm³/mol. The van der Waals surface area contributed by atoms with E-state index in [0.29, 0.717) is 5.56 Å². The summed E-state index contributed by atoms with van der Waals surface area (Å²) in [5, 5.41) is 93.1. The molecule has 1 aromatic heterocycles. The van der Waals surface area contributed by atoms with Gasteiger partial charge in [0.25, 0.3) is 0 Å². The van der Waals surface area contributed by atoms with Gasteiger partial charge < -0.3 is 59.8 Å². The fourth-order valence-electron chi connectivity index (χ4n) is 4.83. The quantitative estimate of drug-likeness (QED) is 0.194. The summed E-state index contributed by atoms with van der Waals surface area (Å²) in [6, 6.07) is 6.60. The normalized spacial score (nSPS) is 31.9. The van der Waals surface area contributed by atoms with E-state index in [1.807, 2.05) is 0 Å². The average molecular weight is 534 g/mol. The summed E-state index contributed by atoms with van der Waals surface area (Å²) in [7, 11) is 0. The molecule has 3 aromatic rings. The van der Waals surface area contributed by atoms with Crippen LogP contribution in [0.2, 0.25) is 0 Å². The highest BCUT2D eigenvalue weighted by atomic mass is 16.5. The summed E-state index contributed by atoms with van der Waals surface area (Å²) in [4.78, 5) is 13.3. The minimum Gasteiger partial charge on any atom is -0.508 e. The lowest BCUT2D eigenvalue weighted by atomic mass is 9.87. The van der Waals surface area contributed by atoms with Crippen LogP contribution in [-0.2, 0) is 9.47 Å². The summed E-state index contributed by atoms with van der Waals surface area (Å²) in [5.41, 5.74) is -1.86. The van der Waals surface area contributed by atoms with Crippen LogP contribution >= 0.6 is 0 Å². The maximum atomic E-state index is 13.3. The molecule has 2 aliphatic heterocycles. The first kappa shape index (κ1) is 26.3. The molecule has 9 N–H and O–H groups in total. The van der Waals surface area contributed by atoms with Crippen molar-refractivity contribution in [2.45, 2.75) is 48.8 Å². The van der Waals surface area contributed by atoms with Gasteiger partial charge in [0.2, 0.25) is 0 Å². The van der Waals surface area contributed by atoms with Crippen molar-refractivity contribution in [1.82, 2.24) is 0 Å². The maximum Gasteiger partial charge on any atom is 0.197 e. The van der Waals surface area contributed by atoms with Crippen LogP contribution in [0, 0.1) is 0 Å². The van der Waals surface area contributed by atoms with Gasteiger partial charge >= 0.3 is 0 Å². The van der Waals surface area contributed by atoms with Gasteiger partial charge in [-0.05, 0) is 24.3 Å². The van der Waals surface area contributed by atoms with Crippen LogP contribution in [0.4, 0.5) is 0 Å². The van der Waals surface area contributed by atoms with Gasteiger partial charge in [0.15, 0.2) is 11.0 Å². The first-order valence-corrected chi connectivity index (χ1v) is 11.7. The molecular formula is C25H26O13. The van der Waals surface area contributed by atoms with Crippen molar-refractivity contribution in [2.75, 3.05) is 13.2 Å². The van der Waals surface area contributed by atoms with E-state index < -0.39 is 101 Å². The molecule has 13 nitrogen and oxygen atoms in total. The SMILES string of the molecule is O=c1cc(-c2ccc(O)cc2)oc2c([C@@H]3OC[C@@H](O)[C@H](O)[C@H]3O)c(O)c([C@@H]3OC[C@@H](O)[C@@H](O)[C@@H]3O)c(O)c12. The standard InChI is InChI=1S/C25H26O13/c26-9-3-1-8(2-4-9)13-5-10(27)14-19(32)15(24-21(34)17(30)11(28)6-36-24)20(33)16(23(14)38-13)25-22(35)18(31)12(29)7-37-25/h1-5,11-12,17-18,21-22,24-26,28-35H,6-7H2/t11-,12-,17-,18+,21+,22-,24+,25+/m1/s1. The number of aliphatic hydroxyl groups excluding tert-OH is 6. The third kappa shape index (κ3) is 4.19. The third-order valence-electron chi connectivity index (χ3n) is 6.92. The smallest absolute Gasteiger partial charge is 0.197 e. The summed E-state index contributed by atoms with van der Waals surface area (Å²) in [6.07, 6.45) is -13.3. The van der Waals surface area contributed by atoms with Crippen LogP contribution in [0.25, 0.3) is 22.3 Å². The molecule has 0 aliphatic carbocycles. The first-order chi connectivity index (χ1) is 18.0. The molecule has 2 aromatic carbocycles. The summed E-state index contributed by atoms with van der Waals surface area (Å²) < 4.78 is 16.8. The van der Waals surface area contributed by atoms with E-state index in [1.165, 1.54) is 24.3 Å². The van der Waals surface area contributed by atoms with Crippen LogP contribution in [0.3, 0.4) is 0 Å². The van der Waals surface area contributed by atoms with Crippen molar-refractivity contribution >= 4 is 11.0 Å². The third-order valence-corrected chi connectivity index (χ3v) is 6.92. The zero-order valence-corrected chi connectivity index (χ0v) is 19.6. The molecule has 2 saturated heterocycles. The number of rotatable bonds is 3. The van der Waals surface area contributed by atoms with Gasteiger partial charge in [0, 0.05) is 11.6 Å². The molecule has 38 heavy (non-hydrogen) atoms. The van der Waals surface area contributed by atoms with Crippen molar-refractivity contribution < 1.29 is 59.8 Å². The first-order valence-electron chi connectivity index (χ1n) is 11.7. The van der Waals surface area contributed by atoms with E-state index >= 15 is 0 Å². The summed E-state index contributed by atoms with van der Waals surface area (Å²) >= 11 is 0. The number of hydrogen-bond donors (Lipinski definition) is 9. The highest BCUT2D eigenvalue weighted by Crippen LogP contribution is 2.50. The van der Waals surface area contributed by atoms with Crippen LogP contribution in [0.15, 0.2) is 39.5 Å². The molecule has 0 spiro atoms. The van der Waals surface area contributed by atoms with Gasteiger partial charge in [0.05, 0.1) is 24.3 Å². The molecule has 2 aliphatic rings. The highest BCUT2D eigenvalue weighted by Gasteiger charge is 2.46. The molecule has 204 valence electrons. The van der Waals surface area contributed by atoms with Crippen molar-refractivity contribution in [3.63, 3.8) is 0 Å². The van der Waals surface area contributed by atoms with E-state index in [9.17, 15) is 50.8 Å². The van der Waals surface area contributed by atoms with Gasteiger partial charge in [-0.2, -0.15) is 0 Å². The Bertz CT molecular complexity index is 1400. The lowest BCUT2D eigenvalue weighted by Crippen LogP contribution is -2.49. The van der Waals surface area contributed by atoms with Crippen molar-refractivity contribution in [3.05, 3.63) is 51.7 Å². The monoisotopic (exact) mass is 534 g/mol. The summed E-state index contributed by atoms with van der Waals surface area (Å²) in [6.45, 7) is -0.966. The van der Waals surface area contributed by atoms with Gasteiger partial charge in [-0.25, -0.2) is 0 Å². The minimum atomic E-state index is -1.85. The number of fused-ring (bicyclic) bond motifs is 1. The van der Waals surface area contributed by atoms with Crippen LogP contribution in [0.5, 0.6) is 17.2 Å². The number of ether oxygens (including phenoxy) is 2. The molecule has 3 heterocycles. The highest BCUT2D eigenvalue weighted by molar-refractivity contribution is 5.91. The lowest BCUT2D eigenvalue weighted by molar-refractivity contribution is -0.191. The largest absolute Gasteiger partial charge is 0.508 e. The Morgan fingerprint density at radius 3 is 1.76 bits per heavy atom. The zero-order chi connectivity index (χ0) is 27.5. The number of aromatic hydroxyl groups is 3. The Hall–Kier alpha value is -3.27. The van der Waals surface area contributed by atoms with E-state index in [-0.39, 0.29) is 11.5 Å². The second-order valence-corrected chi connectivity index (χ2v) is 9.36. The van der Waals surface area contributed by atoms with Crippen LogP contribution < -0.4 is 5.43 Å². The van der Waals surface area contributed by atoms with Gasteiger partial charge in [-0.1, -0.05) is 0 Å². The number of benzene rings is 2. The lowest BCUT2D eigenvalue weighted by Gasteiger charge is -2.38. The van der Waals surface area contributed by atoms with Crippen molar-refractivity contribution in [3.8, 4) is 28.6 Å². The number of aliphatic hydroxyl groups is 6. The predicted octanol–water partition coefficient (Wildman–Crippen LogP) is -1.12. The van der Waals surface area contributed by atoms with Crippen LogP contribution in [-0.4, -0.2) is 95.8 Å². The fourth-order valence-corrected chi connectivity index (χ4v) is 4.83. The van der Waals surface area contributed by atoms with E-state index in [1.54, 1.807) is 0 Å². The van der Waals surface area contributed by atoms with Gasteiger partial charge in [-0.15, -0.1) is 0 Å². The molecule has 0 saturated carbocycles. The van der Waals surface area contributed by atoms with Gasteiger partial charge in [0.1, 0.15) is 77.2 Å². The van der Waals surface area contributed by atoms with E-state index in [0.717, 1.165) is 6.07 Å². The second kappa shape index (κ2) is 9.80. The molecule has 8 atom stereocenters. The number of hydrogen-bond acceptors (Lipinski definition) is 13. The molecule has 2 fully saturated rings. The van der Waals surface area contributed by atoms with E-state index in [4.69, 9.17) is 13.9 Å². The van der Waals surface area contributed by atoms with Crippen molar-refractivity contribution in [1.29, 1.82) is 0 Å². The average Bonchev–Trinajstić information content (AvgIpc) is 2.88. The zero-order valence-electron chi connectivity index (χ0n) is 19.6. The van der Waals surface area contributed by atoms with Crippen molar-refractivity contribution in [2.24, 2.45) is 0 Å². The second-order valence-electron chi connectivity index (χ2n) is 9.36. The molecule has 0 radical (unpaired) electrons. The Balaban J connectivity index is 1.80. The molecule has 0 unspecified atom stereocenters. The molecule has 0 amide bonds. The molecule has 13 heteroatoms. The molecular weight excluding hydrogens is 508 g/mol. The minimum absolute atomic E-state index is 0.0475. The molecule has 0 bridgehead atoms. The Morgan fingerprint density at radius 2 is 1.21 bits per heavy atom. The molecule has 5 rings (SSSR count). The number of phenolic OH excluding ortho intramolecular Hbond substituents is 3. The number of phenols is 3. The van der Waals surface area contributed by atoms with E-state index in [2.05, 4.69) is 0 Å². The van der Waals surface area contributed by atoms with Gasteiger partial charge in [-0.3, -0.25) is 4.79 Å². The Labute approximate surface area is 213 Å². The maximum absolute atomic E-state index is 13.3. The Kier molecular flexibility index (Phi) is 6.79. The fraction of sp³-hybridized carbons (Fsp3) is 0.400. The summed E-state index contributed by atoms with van der Waals surface area (Å²) in [5.74, 6) is -1.80.